The van der Waals surface area contributed by atoms with Gasteiger partial charge in [-0.2, -0.15) is 0 Å². The molecule has 4 aromatic carbocycles. The quantitative estimate of drug-likeness (QED) is 0.172. The maximum Gasteiger partial charge on any atom is 0.346 e. The lowest BCUT2D eigenvalue weighted by Crippen LogP contribution is -2.40. The number of hydrogen-bond acceptors (Lipinski definition) is 5. The number of carbonyl (C=O) groups is 3. The number of hydrogen-bond donors (Lipinski definition) is 0. The minimum atomic E-state index is -1.42. The highest BCUT2D eigenvalue weighted by Gasteiger charge is 2.43. The first kappa shape index (κ1) is 24.8. The number of Topliss-reactive ketones (excluding diaryl/α,β-unsaturated/α-hetero) is 1. The summed E-state index contributed by atoms with van der Waals surface area (Å²) in [5.74, 6) is -1.71. The van der Waals surface area contributed by atoms with E-state index in [9.17, 15) is 14.4 Å². The van der Waals surface area contributed by atoms with Crippen molar-refractivity contribution in [3.8, 4) is 0 Å². The summed E-state index contributed by atoms with van der Waals surface area (Å²) in [7, 11) is 0. The summed E-state index contributed by atoms with van der Waals surface area (Å²) in [6.45, 7) is 3.89. The van der Waals surface area contributed by atoms with Crippen molar-refractivity contribution in [2.45, 2.75) is 19.4 Å². The van der Waals surface area contributed by atoms with Gasteiger partial charge >= 0.3 is 11.9 Å². The van der Waals surface area contributed by atoms with Crippen molar-refractivity contribution in [3.05, 3.63) is 143 Å². The van der Waals surface area contributed by atoms with Gasteiger partial charge in [-0.15, -0.1) is 0 Å². The summed E-state index contributed by atoms with van der Waals surface area (Å²) in [6, 6.07) is 31.5. The largest absolute Gasteiger partial charge is 0.386 e. The van der Waals surface area contributed by atoms with Crippen LogP contribution in [0.1, 0.15) is 54.7 Å². The third-order valence-electron chi connectivity index (χ3n) is 5.97. The molecule has 36 heavy (non-hydrogen) atoms. The van der Waals surface area contributed by atoms with Crippen molar-refractivity contribution < 1.29 is 23.9 Å². The molecule has 0 aliphatic rings. The Kier molecular flexibility index (Phi) is 7.52. The first-order valence-electron chi connectivity index (χ1n) is 11.7. The molecular formula is C31H26O5. The fraction of sp³-hybridized carbons (Fsp3) is 0.129. The Hall–Kier alpha value is -4.35. The molecule has 0 radical (unpaired) electrons. The van der Waals surface area contributed by atoms with E-state index >= 15 is 0 Å². The average molecular weight is 479 g/mol. The van der Waals surface area contributed by atoms with Crippen LogP contribution >= 0.6 is 0 Å². The smallest absolute Gasteiger partial charge is 0.346 e. The van der Waals surface area contributed by atoms with Crippen molar-refractivity contribution in [2.75, 3.05) is 6.61 Å². The molecule has 5 heteroatoms. The molecular weight excluding hydrogens is 452 g/mol. The highest BCUT2D eigenvalue weighted by molar-refractivity contribution is 6.06. The minimum absolute atomic E-state index is 0.186. The molecule has 0 aromatic heterocycles. The van der Waals surface area contributed by atoms with Crippen molar-refractivity contribution in [2.24, 2.45) is 0 Å². The molecule has 0 amide bonds. The molecule has 0 N–H and O–H groups in total. The fourth-order valence-electron chi connectivity index (χ4n) is 4.18. The predicted molar refractivity (Wildman–Crippen MR) is 137 cm³/mol. The van der Waals surface area contributed by atoms with Crippen LogP contribution in [0.2, 0.25) is 0 Å². The monoisotopic (exact) mass is 478 g/mol. The topological polar surface area (TPSA) is 69.7 Å². The zero-order valence-corrected chi connectivity index (χ0v) is 20.1. The lowest BCUT2D eigenvalue weighted by Gasteiger charge is -2.33. The molecule has 5 nitrogen and oxygen atoms in total. The summed E-state index contributed by atoms with van der Waals surface area (Å²) in [5, 5.41) is 0. The van der Waals surface area contributed by atoms with E-state index in [-0.39, 0.29) is 18.0 Å². The van der Waals surface area contributed by atoms with Crippen LogP contribution in [0.15, 0.2) is 109 Å². The standard InChI is InChI=1S/C31H26O5/c1-3-35-31(25-15-8-5-9-16-25,28(32)23-13-6-4-7-14-23)26-20-18-24(19-21-26)29(33)36-30(34)27-17-11-10-12-22(27)2/h4-21H,3H2,1-2H3. The van der Waals surface area contributed by atoms with E-state index in [4.69, 9.17) is 9.47 Å². The second kappa shape index (κ2) is 10.9. The van der Waals surface area contributed by atoms with Crippen molar-refractivity contribution in [3.63, 3.8) is 0 Å². The summed E-state index contributed by atoms with van der Waals surface area (Å²) in [5.41, 5.74) is 1.55. The fourth-order valence-corrected chi connectivity index (χ4v) is 4.18. The van der Waals surface area contributed by atoms with Crippen LogP contribution in [-0.4, -0.2) is 24.3 Å². The van der Waals surface area contributed by atoms with Gasteiger partial charge in [0.1, 0.15) is 0 Å². The molecule has 1 atom stereocenters. The third kappa shape index (κ3) is 4.88. The van der Waals surface area contributed by atoms with Gasteiger partial charge in [-0.1, -0.05) is 91.0 Å². The minimum Gasteiger partial charge on any atom is -0.386 e. The Morgan fingerprint density at radius 1 is 0.639 bits per heavy atom. The second-order valence-corrected chi connectivity index (χ2v) is 8.24. The van der Waals surface area contributed by atoms with Crippen LogP contribution < -0.4 is 0 Å². The molecule has 180 valence electrons. The van der Waals surface area contributed by atoms with Crippen LogP contribution in [0.25, 0.3) is 0 Å². The van der Waals surface area contributed by atoms with Gasteiger partial charge in [0.2, 0.25) is 5.78 Å². The normalized spacial score (nSPS) is 12.4. The number of benzene rings is 4. The second-order valence-electron chi connectivity index (χ2n) is 8.24. The molecule has 4 rings (SSSR count). The van der Waals surface area contributed by atoms with Gasteiger partial charge in [0.25, 0.3) is 0 Å². The molecule has 1 unspecified atom stereocenters. The van der Waals surface area contributed by atoms with Gasteiger partial charge in [-0.3, -0.25) is 4.79 Å². The number of ether oxygens (including phenoxy) is 2. The molecule has 0 saturated carbocycles. The van der Waals surface area contributed by atoms with Crippen LogP contribution in [0.5, 0.6) is 0 Å². The van der Waals surface area contributed by atoms with Crippen molar-refractivity contribution in [1.82, 2.24) is 0 Å². The molecule has 0 heterocycles. The highest BCUT2D eigenvalue weighted by Crippen LogP contribution is 2.37. The number of ketones is 1. The van der Waals surface area contributed by atoms with Crippen molar-refractivity contribution >= 4 is 17.7 Å². The van der Waals surface area contributed by atoms with Crippen LogP contribution in [0.4, 0.5) is 0 Å². The predicted octanol–water partition coefficient (Wildman–Crippen LogP) is 6.16. The van der Waals surface area contributed by atoms with E-state index in [2.05, 4.69) is 0 Å². The third-order valence-corrected chi connectivity index (χ3v) is 5.97. The Bertz CT molecular complexity index is 1360. The van der Waals surface area contributed by atoms with Gasteiger partial charge in [0, 0.05) is 12.2 Å². The highest BCUT2D eigenvalue weighted by atomic mass is 16.6. The van der Waals surface area contributed by atoms with Gasteiger partial charge < -0.3 is 9.47 Å². The first-order valence-corrected chi connectivity index (χ1v) is 11.7. The molecule has 0 saturated heterocycles. The lowest BCUT2D eigenvalue weighted by molar-refractivity contribution is 0.000498. The van der Waals surface area contributed by atoms with Gasteiger partial charge in [-0.05, 0) is 48.7 Å². The molecule has 0 aliphatic carbocycles. The lowest BCUT2D eigenvalue weighted by atomic mass is 9.79. The zero-order valence-electron chi connectivity index (χ0n) is 20.1. The van der Waals surface area contributed by atoms with Crippen LogP contribution in [-0.2, 0) is 15.1 Å². The molecule has 0 aliphatic heterocycles. The van der Waals surface area contributed by atoms with E-state index in [1.54, 1.807) is 67.6 Å². The van der Waals surface area contributed by atoms with E-state index in [0.717, 1.165) is 5.56 Å². The van der Waals surface area contributed by atoms with Crippen LogP contribution in [0.3, 0.4) is 0 Å². The number of aryl methyl sites for hydroxylation is 1. The SMILES string of the molecule is CCOC(C(=O)c1ccccc1)(c1ccccc1)c1ccc(C(=O)OC(=O)c2ccccc2C)cc1. The summed E-state index contributed by atoms with van der Waals surface area (Å²) < 4.78 is 11.3. The Balaban J connectivity index is 1.70. The number of rotatable bonds is 8. The van der Waals surface area contributed by atoms with Gasteiger partial charge in [-0.25, -0.2) is 9.59 Å². The first-order chi connectivity index (χ1) is 17.5. The molecule has 4 aromatic rings. The van der Waals surface area contributed by atoms with E-state index < -0.39 is 17.5 Å². The van der Waals surface area contributed by atoms with Crippen molar-refractivity contribution in [1.29, 1.82) is 0 Å². The molecule has 0 spiro atoms. The van der Waals surface area contributed by atoms with Gasteiger partial charge in [0.05, 0.1) is 11.1 Å². The maximum absolute atomic E-state index is 13.9. The van der Waals surface area contributed by atoms with Crippen LogP contribution in [0, 0.1) is 6.92 Å². The molecule has 0 bridgehead atoms. The van der Waals surface area contributed by atoms with E-state index in [1.807, 2.05) is 43.3 Å². The maximum atomic E-state index is 13.9. The number of esters is 2. The summed E-state index contributed by atoms with van der Waals surface area (Å²) in [4.78, 5) is 39.1. The number of carbonyl (C=O) groups excluding carboxylic acids is 3. The summed E-state index contributed by atoms with van der Waals surface area (Å²) in [6.07, 6.45) is 0. The summed E-state index contributed by atoms with van der Waals surface area (Å²) >= 11 is 0. The van der Waals surface area contributed by atoms with Gasteiger partial charge in [0.15, 0.2) is 5.60 Å². The van der Waals surface area contributed by atoms with E-state index in [1.165, 1.54) is 12.1 Å². The molecule has 0 fully saturated rings. The van der Waals surface area contributed by atoms with E-state index in [0.29, 0.717) is 22.3 Å². The Morgan fingerprint density at radius 2 is 1.19 bits per heavy atom. The Morgan fingerprint density at radius 3 is 1.81 bits per heavy atom. The average Bonchev–Trinajstić information content (AvgIpc) is 2.92. The zero-order chi connectivity index (χ0) is 25.5. The Labute approximate surface area is 210 Å².